The maximum Gasteiger partial charge on any atom is 0.120 e. The van der Waals surface area contributed by atoms with Crippen LogP contribution < -0.4 is 10.1 Å². The van der Waals surface area contributed by atoms with Crippen molar-refractivity contribution in [2.45, 2.75) is 13.0 Å². The Labute approximate surface area is 107 Å². The Hall–Kier alpha value is -1.30. The predicted octanol–water partition coefficient (Wildman–Crippen LogP) is 1.06. The van der Waals surface area contributed by atoms with E-state index in [1.807, 2.05) is 13.0 Å². The van der Waals surface area contributed by atoms with Gasteiger partial charge in [-0.3, -0.25) is 0 Å². The van der Waals surface area contributed by atoms with Gasteiger partial charge in [-0.15, -0.1) is 0 Å². The fourth-order valence-corrected chi connectivity index (χ4v) is 1.63. The van der Waals surface area contributed by atoms with Crippen molar-refractivity contribution < 1.29 is 19.7 Å². The van der Waals surface area contributed by atoms with E-state index in [0.29, 0.717) is 25.5 Å². The summed E-state index contributed by atoms with van der Waals surface area (Å²) in [5, 5.41) is 21.6. The standard InChI is InChI=1S/C13H21NO4/c1-10(14-5-7-18-8-6-15)12-9-11(17-2)3-4-13(12)16/h3-4,9-10,14-16H,5-8H2,1-2H3. The van der Waals surface area contributed by atoms with Crippen LogP contribution in [0, 0.1) is 0 Å². The Balaban J connectivity index is 2.47. The van der Waals surface area contributed by atoms with Crippen LogP contribution in [0.2, 0.25) is 0 Å². The Morgan fingerprint density at radius 1 is 1.33 bits per heavy atom. The molecule has 1 aromatic rings. The van der Waals surface area contributed by atoms with Gasteiger partial charge in [0, 0.05) is 18.2 Å². The molecule has 102 valence electrons. The number of methoxy groups -OCH3 is 1. The van der Waals surface area contributed by atoms with Gasteiger partial charge in [-0.05, 0) is 25.1 Å². The lowest BCUT2D eigenvalue weighted by Crippen LogP contribution is -2.23. The number of benzene rings is 1. The Morgan fingerprint density at radius 2 is 2.11 bits per heavy atom. The Kier molecular flexibility index (Phi) is 6.49. The third-order valence-electron chi connectivity index (χ3n) is 2.63. The summed E-state index contributed by atoms with van der Waals surface area (Å²) in [7, 11) is 1.59. The lowest BCUT2D eigenvalue weighted by Gasteiger charge is -2.16. The topological polar surface area (TPSA) is 71.0 Å². The Bertz CT molecular complexity index is 357. The van der Waals surface area contributed by atoms with Crippen LogP contribution in [-0.4, -0.2) is 43.7 Å². The quantitative estimate of drug-likeness (QED) is 0.606. The first-order chi connectivity index (χ1) is 8.69. The highest BCUT2D eigenvalue weighted by atomic mass is 16.5. The van der Waals surface area contributed by atoms with Crippen LogP contribution in [0.25, 0.3) is 0 Å². The number of ether oxygens (including phenoxy) is 2. The van der Waals surface area contributed by atoms with Crippen LogP contribution in [0.15, 0.2) is 18.2 Å². The monoisotopic (exact) mass is 255 g/mol. The molecule has 0 aliphatic heterocycles. The van der Waals surface area contributed by atoms with Crippen molar-refractivity contribution in [3.63, 3.8) is 0 Å². The molecular formula is C13H21NO4. The molecule has 0 aliphatic carbocycles. The minimum absolute atomic E-state index is 0.00201. The van der Waals surface area contributed by atoms with Gasteiger partial charge in [0.2, 0.25) is 0 Å². The van der Waals surface area contributed by atoms with E-state index < -0.39 is 0 Å². The van der Waals surface area contributed by atoms with Crippen LogP contribution >= 0.6 is 0 Å². The van der Waals surface area contributed by atoms with Crippen LogP contribution in [-0.2, 0) is 4.74 Å². The van der Waals surface area contributed by atoms with Crippen molar-refractivity contribution >= 4 is 0 Å². The van der Waals surface area contributed by atoms with Crippen LogP contribution in [0.4, 0.5) is 0 Å². The maximum absolute atomic E-state index is 9.78. The van der Waals surface area contributed by atoms with Crippen molar-refractivity contribution in [2.24, 2.45) is 0 Å². The van der Waals surface area contributed by atoms with E-state index in [1.165, 1.54) is 0 Å². The zero-order valence-corrected chi connectivity index (χ0v) is 10.8. The van der Waals surface area contributed by atoms with Gasteiger partial charge < -0.3 is 25.0 Å². The number of phenols is 1. The summed E-state index contributed by atoms with van der Waals surface area (Å²) in [6, 6.07) is 5.14. The van der Waals surface area contributed by atoms with Crippen LogP contribution in [0.5, 0.6) is 11.5 Å². The van der Waals surface area contributed by atoms with E-state index >= 15 is 0 Å². The minimum Gasteiger partial charge on any atom is -0.508 e. The molecule has 0 amide bonds. The summed E-state index contributed by atoms with van der Waals surface area (Å²) < 4.78 is 10.3. The number of aliphatic hydroxyl groups excluding tert-OH is 1. The van der Waals surface area contributed by atoms with Crippen LogP contribution in [0.3, 0.4) is 0 Å². The summed E-state index contributed by atoms with van der Waals surface area (Å²) in [6.45, 7) is 3.51. The third kappa shape index (κ3) is 4.52. The molecule has 0 bridgehead atoms. The van der Waals surface area contributed by atoms with Crippen LogP contribution in [0.1, 0.15) is 18.5 Å². The summed E-state index contributed by atoms with van der Waals surface area (Å²) >= 11 is 0. The summed E-state index contributed by atoms with van der Waals surface area (Å²) in [5.41, 5.74) is 0.788. The molecule has 0 saturated carbocycles. The summed E-state index contributed by atoms with van der Waals surface area (Å²) in [6.07, 6.45) is 0. The summed E-state index contributed by atoms with van der Waals surface area (Å²) in [5.74, 6) is 0.958. The first-order valence-electron chi connectivity index (χ1n) is 5.98. The van der Waals surface area contributed by atoms with E-state index in [9.17, 15) is 5.11 Å². The van der Waals surface area contributed by atoms with Gasteiger partial charge in [0.25, 0.3) is 0 Å². The lowest BCUT2D eigenvalue weighted by molar-refractivity contribution is 0.0928. The van der Waals surface area contributed by atoms with Crippen molar-refractivity contribution in [2.75, 3.05) is 33.5 Å². The zero-order valence-electron chi connectivity index (χ0n) is 10.8. The molecule has 0 aromatic heterocycles. The van der Waals surface area contributed by atoms with Gasteiger partial charge in [-0.25, -0.2) is 0 Å². The molecular weight excluding hydrogens is 234 g/mol. The van der Waals surface area contributed by atoms with E-state index in [0.717, 1.165) is 5.56 Å². The largest absolute Gasteiger partial charge is 0.508 e. The summed E-state index contributed by atoms with van der Waals surface area (Å²) in [4.78, 5) is 0. The fraction of sp³-hybridized carbons (Fsp3) is 0.538. The molecule has 0 saturated heterocycles. The molecule has 5 nitrogen and oxygen atoms in total. The minimum atomic E-state index is -0.00201. The van der Waals surface area contributed by atoms with Crippen molar-refractivity contribution in [1.82, 2.24) is 5.32 Å². The molecule has 0 heterocycles. The van der Waals surface area contributed by atoms with E-state index in [2.05, 4.69) is 5.32 Å². The molecule has 0 fully saturated rings. The second kappa shape index (κ2) is 7.92. The number of aliphatic hydroxyl groups is 1. The molecule has 5 heteroatoms. The average molecular weight is 255 g/mol. The van der Waals surface area contributed by atoms with Gasteiger partial charge in [-0.1, -0.05) is 0 Å². The second-order valence-electron chi connectivity index (χ2n) is 3.94. The number of hydrogen-bond acceptors (Lipinski definition) is 5. The fourth-order valence-electron chi connectivity index (χ4n) is 1.63. The smallest absolute Gasteiger partial charge is 0.120 e. The average Bonchev–Trinajstić information content (AvgIpc) is 2.39. The molecule has 1 aromatic carbocycles. The maximum atomic E-state index is 9.78. The van der Waals surface area contributed by atoms with E-state index in [-0.39, 0.29) is 18.4 Å². The Morgan fingerprint density at radius 3 is 2.78 bits per heavy atom. The zero-order chi connectivity index (χ0) is 13.4. The number of aromatic hydroxyl groups is 1. The number of nitrogens with one attached hydrogen (secondary N) is 1. The number of phenolic OH excluding ortho intramolecular Hbond substituents is 1. The van der Waals surface area contributed by atoms with Gasteiger partial charge in [0.05, 0.1) is 26.9 Å². The highest BCUT2D eigenvalue weighted by molar-refractivity contribution is 5.41. The molecule has 1 atom stereocenters. The highest BCUT2D eigenvalue weighted by Crippen LogP contribution is 2.27. The van der Waals surface area contributed by atoms with Crippen molar-refractivity contribution in [3.8, 4) is 11.5 Å². The second-order valence-corrected chi connectivity index (χ2v) is 3.94. The van der Waals surface area contributed by atoms with E-state index in [1.54, 1.807) is 19.2 Å². The molecule has 1 rings (SSSR count). The van der Waals surface area contributed by atoms with Crippen molar-refractivity contribution in [1.29, 1.82) is 0 Å². The predicted molar refractivity (Wildman–Crippen MR) is 69.0 cm³/mol. The van der Waals surface area contributed by atoms with E-state index in [4.69, 9.17) is 14.6 Å². The lowest BCUT2D eigenvalue weighted by atomic mass is 10.1. The molecule has 3 N–H and O–H groups in total. The first-order valence-corrected chi connectivity index (χ1v) is 5.98. The molecule has 0 spiro atoms. The van der Waals surface area contributed by atoms with Gasteiger partial charge in [0.15, 0.2) is 0 Å². The molecule has 18 heavy (non-hydrogen) atoms. The van der Waals surface area contributed by atoms with Gasteiger partial charge >= 0.3 is 0 Å². The first kappa shape index (κ1) is 14.8. The third-order valence-corrected chi connectivity index (χ3v) is 2.63. The highest BCUT2D eigenvalue weighted by Gasteiger charge is 2.10. The number of rotatable bonds is 8. The normalized spacial score (nSPS) is 12.4. The van der Waals surface area contributed by atoms with Gasteiger partial charge in [-0.2, -0.15) is 0 Å². The van der Waals surface area contributed by atoms with Crippen molar-refractivity contribution in [3.05, 3.63) is 23.8 Å². The molecule has 0 radical (unpaired) electrons. The van der Waals surface area contributed by atoms with Gasteiger partial charge in [0.1, 0.15) is 11.5 Å². The SMILES string of the molecule is COc1ccc(O)c(C(C)NCCOCCO)c1. The molecule has 0 aliphatic rings. The molecule has 1 unspecified atom stereocenters. The number of hydrogen-bond donors (Lipinski definition) is 3.